The van der Waals surface area contributed by atoms with Crippen molar-refractivity contribution in [1.29, 1.82) is 0 Å². The maximum Gasteiger partial charge on any atom is 0.416 e. The monoisotopic (exact) mass is 827 g/mol. The lowest BCUT2D eigenvalue weighted by Gasteiger charge is -2.31. The second kappa shape index (κ2) is 15.5. The number of hydrazine groups is 1. The first kappa shape index (κ1) is 37.3. The third-order valence-electron chi connectivity index (χ3n) is 7.78. The summed E-state index contributed by atoms with van der Waals surface area (Å²) >= 11 is 7.08. The van der Waals surface area contributed by atoms with E-state index in [1.165, 1.54) is 0 Å². The summed E-state index contributed by atoms with van der Waals surface area (Å²) in [6.07, 6.45) is -10.7. The molecule has 5 rings (SSSR count). The van der Waals surface area contributed by atoms with Crippen LogP contribution in [0.3, 0.4) is 0 Å². The number of aliphatic hydroxyl groups excluding tert-OH is 1. The van der Waals surface area contributed by atoms with Gasteiger partial charge in [0.2, 0.25) is 5.90 Å². The van der Waals surface area contributed by atoms with E-state index in [1.807, 2.05) is 0 Å². The first-order chi connectivity index (χ1) is 23.7. The second-order valence-corrected chi connectivity index (χ2v) is 13.0. The quantitative estimate of drug-likeness (QED) is 0.0760. The minimum absolute atomic E-state index is 0.0236. The van der Waals surface area contributed by atoms with Gasteiger partial charge in [-0.25, -0.2) is 10.4 Å². The highest BCUT2D eigenvalue weighted by Gasteiger charge is 2.54. The summed E-state index contributed by atoms with van der Waals surface area (Å²) in [5, 5.41) is 9.04. The summed E-state index contributed by atoms with van der Waals surface area (Å²) in [4.78, 5) is 19.3. The molecule has 7 nitrogen and oxygen atoms in total. The normalized spacial score (nSPS) is 17.6. The first-order valence-corrected chi connectivity index (χ1v) is 16.7. The Hall–Kier alpha value is -3.92. The molecule has 0 radical (unpaired) electrons. The van der Waals surface area contributed by atoms with E-state index in [4.69, 9.17) is 19.6 Å². The molecule has 1 amide bonds. The number of aliphatic hydroxyl groups is 1. The predicted octanol–water partition coefficient (Wildman–Crippen LogP) is 8.33. The topological polar surface area (TPSA) is 92.2 Å². The van der Waals surface area contributed by atoms with Gasteiger partial charge in [-0.2, -0.15) is 26.3 Å². The van der Waals surface area contributed by atoms with Gasteiger partial charge in [-0.3, -0.25) is 10.2 Å². The zero-order chi connectivity index (χ0) is 36.1. The Balaban J connectivity index is 1.53. The summed E-state index contributed by atoms with van der Waals surface area (Å²) < 4.78 is 94.2. The third kappa shape index (κ3) is 8.68. The number of carbonyl (C=O) groups is 1. The number of alkyl halides is 6. The minimum atomic E-state index is -5.03. The predicted molar refractivity (Wildman–Crippen MR) is 180 cm³/mol. The van der Waals surface area contributed by atoms with Crippen LogP contribution in [0.2, 0.25) is 0 Å². The molecule has 15 heteroatoms. The van der Waals surface area contributed by atoms with E-state index in [9.17, 15) is 31.1 Å². The van der Waals surface area contributed by atoms with Crippen LogP contribution in [0, 0.1) is 0 Å². The van der Waals surface area contributed by atoms with E-state index in [1.54, 1.807) is 72.8 Å². The van der Waals surface area contributed by atoms with E-state index in [2.05, 4.69) is 42.7 Å². The van der Waals surface area contributed by atoms with Gasteiger partial charge in [0.05, 0.1) is 17.7 Å². The van der Waals surface area contributed by atoms with Gasteiger partial charge in [0.1, 0.15) is 5.75 Å². The number of rotatable bonds is 12. The Kier molecular flexibility index (Phi) is 11.6. The maximum absolute atomic E-state index is 14.4. The number of carbonyl (C=O) groups excluding carboxylic acids is 1. The number of amides is 1. The van der Waals surface area contributed by atoms with Gasteiger partial charge in [-0.1, -0.05) is 68.3 Å². The number of nitrogens with zero attached hydrogens (tertiary/aromatic N) is 1. The summed E-state index contributed by atoms with van der Waals surface area (Å²) in [7, 11) is 0. The SMILES string of the molecule is O=C(NNCc1cc(C(F)(F)F)cc(C(F)(F)F)c1)[C@@]1(Cc2ccccc2Br)N=C(c2ccc(OCCCO)cc2)O[C@H]1c1ccccc1Br. The number of benzene rings is 4. The summed E-state index contributed by atoms with van der Waals surface area (Å²) in [6.45, 7) is -0.291. The number of ether oxygens (including phenoxy) is 2. The fourth-order valence-corrected chi connectivity index (χ4v) is 6.25. The van der Waals surface area contributed by atoms with Crippen molar-refractivity contribution in [2.75, 3.05) is 13.2 Å². The molecule has 1 aliphatic heterocycles. The van der Waals surface area contributed by atoms with E-state index >= 15 is 0 Å². The molecule has 4 aromatic rings. The van der Waals surface area contributed by atoms with Crippen molar-refractivity contribution in [1.82, 2.24) is 10.9 Å². The number of nitrogens with one attached hydrogen (secondary N) is 2. The Morgan fingerprint density at radius 2 is 1.50 bits per heavy atom. The molecule has 0 unspecified atom stereocenters. The van der Waals surface area contributed by atoms with Crippen LogP contribution in [0.4, 0.5) is 26.3 Å². The van der Waals surface area contributed by atoms with Gasteiger partial charge in [0, 0.05) is 46.1 Å². The fraction of sp³-hybridized carbons (Fsp3) is 0.257. The lowest BCUT2D eigenvalue weighted by Crippen LogP contribution is -2.53. The van der Waals surface area contributed by atoms with Crippen molar-refractivity contribution in [2.24, 2.45) is 4.99 Å². The highest BCUT2D eigenvalue weighted by molar-refractivity contribution is 9.10. The zero-order valence-corrected chi connectivity index (χ0v) is 29.1. The van der Waals surface area contributed by atoms with Crippen molar-refractivity contribution < 1.29 is 45.7 Å². The minimum Gasteiger partial charge on any atom is -0.494 e. The molecule has 0 fully saturated rings. The molecular weight excluding hydrogens is 800 g/mol. The molecule has 0 saturated carbocycles. The highest BCUT2D eigenvalue weighted by Crippen LogP contribution is 2.45. The van der Waals surface area contributed by atoms with E-state index in [-0.39, 0.29) is 30.6 Å². The smallest absolute Gasteiger partial charge is 0.416 e. The third-order valence-corrected chi connectivity index (χ3v) is 9.27. The van der Waals surface area contributed by atoms with Crippen LogP contribution in [0.1, 0.15) is 45.9 Å². The molecule has 50 heavy (non-hydrogen) atoms. The second-order valence-electron chi connectivity index (χ2n) is 11.3. The summed E-state index contributed by atoms with van der Waals surface area (Å²) in [5.74, 6) is -0.105. The lowest BCUT2D eigenvalue weighted by molar-refractivity contribution is -0.143. The number of aliphatic imine (C=N–C) groups is 1. The Morgan fingerprint density at radius 1 is 0.880 bits per heavy atom. The van der Waals surface area contributed by atoms with Gasteiger partial charge in [-0.15, -0.1) is 0 Å². The summed E-state index contributed by atoms with van der Waals surface area (Å²) in [5.41, 5.74) is 1.71. The molecule has 0 spiro atoms. The van der Waals surface area contributed by atoms with Crippen LogP contribution in [0.15, 0.2) is 105 Å². The number of hydrogen-bond donors (Lipinski definition) is 3. The number of hydrogen-bond acceptors (Lipinski definition) is 6. The van der Waals surface area contributed by atoms with Gasteiger partial charge in [-0.05, 0) is 65.7 Å². The van der Waals surface area contributed by atoms with Crippen molar-refractivity contribution in [3.05, 3.63) is 133 Å². The average Bonchev–Trinajstić information content (AvgIpc) is 3.45. The van der Waals surface area contributed by atoms with Crippen LogP contribution in [-0.4, -0.2) is 35.7 Å². The van der Waals surface area contributed by atoms with E-state index in [0.29, 0.717) is 56.5 Å². The van der Waals surface area contributed by atoms with Gasteiger partial charge in [0.15, 0.2) is 11.6 Å². The van der Waals surface area contributed by atoms with Crippen molar-refractivity contribution in [3.63, 3.8) is 0 Å². The van der Waals surface area contributed by atoms with Crippen LogP contribution in [0.25, 0.3) is 0 Å². The molecule has 4 aromatic carbocycles. The van der Waals surface area contributed by atoms with E-state index in [0.717, 1.165) is 0 Å². The molecule has 3 N–H and O–H groups in total. The molecule has 0 aliphatic carbocycles. The molecular formula is C35H29Br2F6N3O4. The van der Waals surface area contributed by atoms with Crippen LogP contribution < -0.4 is 15.6 Å². The highest BCUT2D eigenvalue weighted by atomic mass is 79.9. The zero-order valence-electron chi connectivity index (χ0n) is 25.9. The molecule has 1 aliphatic rings. The van der Waals surface area contributed by atoms with Crippen molar-refractivity contribution >= 4 is 43.7 Å². The molecule has 0 saturated heterocycles. The molecule has 1 heterocycles. The van der Waals surface area contributed by atoms with Gasteiger partial charge >= 0.3 is 12.4 Å². The van der Waals surface area contributed by atoms with Crippen molar-refractivity contribution in [2.45, 2.75) is 43.4 Å². The standard InChI is InChI=1S/C35H29Br2F6N3O4/c36-28-8-3-1-6-23(28)19-33(32(48)46-44-20-21-16-24(34(38,39)40)18-25(17-21)35(41,42)43)30(27-7-2-4-9-29(27)37)50-31(45-33)22-10-12-26(13-11-22)49-15-5-14-47/h1-4,6-13,16-18,30,44,47H,5,14-15,19-20H2,(H,46,48)/t30-,33-/m0/s1. The average molecular weight is 829 g/mol. The Morgan fingerprint density at radius 3 is 2.10 bits per heavy atom. The van der Waals surface area contributed by atoms with Gasteiger partial charge in [0.25, 0.3) is 5.91 Å². The van der Waals surface area contributed by atoms with E-state index < -0.39 is 47.6 Å². The summed E-state index contributed by atoms with van der Waals surface area (Å²) in [6, 6.07) is 22.2. The molecule has 2 atom stereocenters. The van der Waals surface area contributed by atoms with Crippen LogP contribution in [-0.2, 0) is 34.8 Å². The molecule has 0 bridgehead atoms. The van der Waals surface area contributed by atoms with Crippen LogP contribution in [0.5, 0.6) is 5.75 Å². The van der Waals surface area contributed by atoms with Gasteiger partial charge < -0.3 is 14.6 Å². The largest absolute Gasteiger partial charge is 0.494 e. The Labute approximate surface area is 299 Å². The lowest BCUT2D eigenvalue weighted by atomic mass is 9.82. The first-order valence-electron chi connectivity index (χ1n) is 15.1. The molecule has 264 valence electrons. The fourth-order valence-electron chi connectivity index (χ4n) is 5.34. The Bertz CT molecular complexity index is 1820. The molecule has 0 aromatic heterocycles. The van der Waals surface area contributed by atoms with Crippen LogP contribution >= 0.6 is 31.9 Å². The van der Waals surface area contributed by atoms with Crippen molar-refractivity contribution in [3.8, 4) is 5.75 Å². The number of halogens is 8. The maximum atomic E-state index is 14.4.